The van der Waals surface area contributed by atoms with Crippen molar-refractivity contribution in [1.29, 1.82) is 0 Å². The van der Waals surface area contributed by atoms with Crippen molar-refractivity contribution in [2.24, 2.45) is 0 Å². The number of likely N-dealkylation sites (tertiary alicyclic amines) is 1. The molecular formula is C25H27N3O3. The fraction of sp³-hybridized carbons (Fsp3) is 0.360. The first-order valence-electron chi connectivity index (χ1n) is 10.9. The Hall–Kier alpha value is -2.96. The van der Waals surface area contributed by atoms with Gasteiger partial charge in [-0.1, -0.05) is 42.5 Å². The van der Waals surface area contributed by atoms with E-state index in [4.69, 9.17) is 4.74 Å². The fourth-order valence-corrected chi connectivity index (χ4v) is 4.86. The Labute approximate surface area is 181 Å². The number of hydrogen-bond acceptors (Lipinski definition) is 4. The molecule has 5 rings (SSSR count). The van der Waals surface area contributed by atoms with Crippen LogP contribution in [0.4, 0.5) is 0 Å². The molecule has 1 aromatic heterocycles. The summed E-state index contributed by atoms with van der Waals surface area (Å²) in [6, 6.07) is 19.6. The zero-order valence-corrected chi connectivity index (χ0v) is 17.4. The maximum atomic E-state index is 13.0. The molecule has 2 fully saturated rings. The van der Waals surface area contributed by atoms with E-state index in [1.807, 2.05) is 53.4 Å². The van der Waals surface area contributed by atoms with Crippen LogP contribution in [-0.4, -0.2) is 50.9 Å². The molecule has 2 aromatic carbocycles. The second-order valence-electron chi connectivity index (χ2n) is 8.63. The summed E-state index contributed by atoms with van der Waals surface area (Å²) >= 11 is 0. The molecule has 31 heavy (non-hydrogen) atoms. The molecule has 0 unspecified atom stereocenters. The molecule has 6 nitrogen and oxygen atoms in total. The SMILES string of the molecule is O=C(c1ccc(-c2ccn[nH]2)cc1)N1CCC2(CC1)C[C@H](O)C[C@H](c1ccccc1)O2. The number of aromatic nitrogens is 2. The summed E-state index contributed by atoms with van der Waals surface area (Å²) in [4.78, 5) is 14.9. The van der Waals surface area contributed by atoms with Crippen LogP contribution in [0.2, 0.25) is 0 Å². The van der Waals surface area contributed by atoms with Crippen molar-refractivity contribution in [1.82, 2.24) is 15.1 Å². The third-order valence-corrected chi connectivity index (χ3v) is 6.56. The lowest BCUT2D eigenvalue weighted by Crippen LogP contribution is -2.52. The highest BCUT2D eigenvalue weighted by molar-refractivity contribution is 5.94. The average Bonchev–Trinajstić information content (AvgIpc) is 3.34. The van der Waals surface area contributed by atoms with Gasteiger partial charge >= 0.3 is 0 Å². The van der Waals surface area contributed by atoms with Crippen molar-refractivity contribution in [3.63, 3.8) is 0 Å². The van der Waals surface area contributed by atoms with Crippen molar-refractivity contribution in [3.05, 3.63) is 78.0 Å². The van der Waals surface area contributed by atoms with Gasteiger partial charge in [0.15, 0.2) is 0 Å². The van der Waals surface area contributed by atoms with Gasteiger partial charge in [0.1, 0.15) is 0 Å². The standard InChI is InChI=1S/C25H27N3O3/c29-21-16-23(19-4-2-1-3-5-19)31-25(17-21)11-14-28(15-12-25)24(30)20-8-6-18(7-9-20)22-10-13-26-27-22/h1-10,13,21,23,29H,11-12,14-17H2,(H,26,27)/t21-,23-/m1/s1. The molecule has 1 spiro atoms. The van der Waals surface area contributed by atoms with Gasteiger partial charge in [0.25, 0.3) is 5.91 Å². The molecule has 2 aliphatic heterocycles. The van der Waals surface area contributed by atoms with Crippen molar-refractivity contribution in [3.8, 4) is 11.3 Å². The Morgan fingerprint density at radius 3 is 2.48 bits per heavy atom. The summed E-state index contributed by atoms with van der Waals surface area (Å²) < 4.78 is 6.55. The fourth-order valence-electron chi connectivity index (χ4n) is 4.86. The smallest absolute Gasteiger partial charge is 0.253 e. The zero-order valence-electron chi connectivity index (χ0n) is 17.4. The number of amides is 1. The van der Waals surface area contributed by atoms with E-state index < -0.39 is 0 Å². The van der Waals surface area contributed by atoms with E-state index in [0.29, 0.717) is 31.5 Å². The third-order valence-electron chi connectivity index (χ3n) is 6.56. The molecule has 3 heterocycles. The molecule has 2 aliphatic rings. The van der Waals surface area contributed by atoms with E-state index in [1.165, 1.54) is 0 Å². The summed E-state index contributed by atoms with van der Waals surface area (Å²) in [6.45, 7) is 1.27. The van der Waals surface area contributed by atoms with E-state index in [0.717, 1.165) is 29.7 Å². The molecule has 0 bridgehead atoms. The summed E-state index contributed by atoms with van der Waals surface area (Å²) in [5.74, 6) is 0.0435. The highest BCUT2D eigenvalue weighted by Gasteiger charge is 2.44. The van der Waals surface area contributed by atoms with Crippen LogP contribution in [0.1, 0.15) is 47.7 Å². The van der Waals surface area contributed by atoms with Crippen LogP contribution < -0.4 is 0 Å². The van der Waals surface area contributed by atoms with Crippen molar-refractivity contribution < 1.29 is 14.6 Å². The van der Waals surface area contributed by atoms with Crippen LogP contribution >= 0.6 is 0 Å². The van der Waals surface area contributed by atoms with Crippen LogP contribution in [-0.2, 0) is 4.74 Å². The maximum absolute atomic E-state index is 13.0. The quantitative estimate of drug-likeness (QED) is 0.676. The molecule has 0 aliphatic carbocycles. The van der Waals surface area contributed by atoms with Crippen LogP contribution in [0.5, 0.6) is 0 Å². The summed E-state index contributed by atoms with van der Waals surface area (Å²) in [6.07, 6.45) is 3.98. The Kier molecular flexibility index (Phi) is 5.34. The minimum absolute atomic E-state index is 0.0435. The minimum atomic E-state index is -0.378. The van der Waals surface area contributed by atoms with Gasteiger partial charge in [-0.05, 0) is 42.2 Å². The monoisotopic (exact) mass is 417 g/mol. The predicted molar refractivity (Wildman–Crippen MR) is 117 cm³/mol. The Morgan fingerprint density at radius 2 is 1.81 bits per heavy atom. The predicted octanol–water partition coefficient (Wildman–Crippen LogP) is 3.96. The molecule has 3 aromatic rings. The zero-order chi connectivity index (χ0) is 21.3. The number of carbonyl (C=O) groups is 1. The van der Waals surface area contributed by atoms with E-state index >= 15 is 0 Å². The number of nitrogens with zero attached hydrogens (tertiary/aromatic N) is 2. The lowest BCUT2D eigenvalue weighted by Gasteiger charge is -2.48. The van der Waals surface area contributed by atoms with Crippen LogP contribution in [0.3, 0.4) is 0 Å². The third kappa shape index (κ3) is 4.13. The van der Waals surface area contributed by atoms with Gasteiger partial charge in [-0.25, -0.2) is 0 Å². The van der Waals surface area contributed by atoms with E-state index in [2.05, 4.69) is 22.3 Å². The number of carbonyl (C=O) groups excluding carboxylic acids is 1. The number of aliphatic hydroxyl groups is 1. The Morgan fingerprint density at radius 1 is 1.06 bits per heavy atom. The average molecular weight is 418 g/mol. The topological polar surface area (TPSA) is 78.5 Å². The lowest BCUT2D eigenvalue weighted by molar-refractivity contribution is -0.181. The maximum Gasteiger partial charge on any atom is 0.253 e. The number of benzene rings is 2. The lowest BCUT2D eigenvalue weighted by atomic mass is 9.81. The molecule has 2 N–H and O–H groups in total. The molecule has 0 saturated carbocycles. The van der Waals surface area contributed by atoms with Crippen molar-refractivity contribution >= 4 is 5.91 Å². The molecule has 2 saturated heterocycles. The second-order valence-corrected chi connectivity index (χ2v) is 8.63. The van der Waals surface area contributed by atoms with E-state index in [1.54, 1.807) is 6.20 Å². The minimum Gasteiger partial charge on any atom is -0.393 e. The number of hydrogen-bond donors (Lipinski definition) is 2. The van der Waals surface area contributed by atoms with Gasteiger partial charge in [-0.15, -0.1) is 0 Å². The first kappa shape index (κ1) is 20.0. The molecule has 1 amide bonds. The normalized spacial score (nSPS) is 23.1. The highest BCUT2D eigenvalue weighted by atomic mass is 16.5. The first-order valence-corrected chi connectivity index (χ1v) is 10.9. The van der Waals surface area contributed by atoms with Gasteiger partial charge in [0, 0.05) is 37.7 Å². The van der Waals surface area contributed by atoms with Gasteiger partial charge < -0.3 is 14.7 Å². The highest BCUT2D eigenvalue weighted by Crippen LogP contribution is 2.43. The number of piperidine rings is 1. The van der Waals surface area contributed by atoms with Gasteiger partial charge in [0.05, 0.1) is 23.5 Å². The number of aliphatic hydroxyl groups excluding tert-OH is 1. The molecule has 2 atom stereocenters. The molecular weight excluding hydrogens is 390 g/mol. The van der Waals surface area contributed by atoms with Crippen molar-refractivity contribution in [2.45, 2.75) is 43.5 Å². The summed E-state index contributed by atoms with van der Waals surface area (Å²) in [7, 11) is 0. The van der Waals surface area contributed by atoms with Crippen LogP contribution in [0.15, 0.2) is 66.9 Å². The van der Waals surface area contributed by atoms with E-state index in [-0.39, 0.29) is 23.7 Å². The molecule has 160 valence electrons. The second kappa shape index (κ2) is 8.29. The number of ether oxygens (including phenoxy) is 1. The Bertz CT molecular complexity index is 1010. The van der Waals surface area contributed by atoms with Crippen molar-refractivity contribution in [2.75, 3.05) is 13.1 Å². The molecule has 6 heteroatoms. The summed E-state index contributed by atoms with van der Waals surface area (Å²) in [5, 5.41) is 17.5. The number of aromatic amines is 1. The largest absolute Gasteiger partial charge is 0.393 e. The number of H-pyrrole nitrogens is 1. The van der Waals surface area contributed by atoms with Gasteiger partial charge in [-0.2, -0.15) is 5.10 Å². The van der Waals surface area contributed by atoms with Crippen LogP contribution in [0.25, 0.3) is 11.3 Å². The van der Waals surface area contributed by atoms with Gasteiger partial charge in [0.2, 0.25) is 0 Å². The number of nitrogens with one attached hydrogen (secondary N) is 1. The molecule has 0 radical (unpaired) electrons. The summed E-state index contributed by atoms with van der Waals surface area (Å²) in [5.41, 5.74) is 3.37. The van der Waals surface area contributed by atoms with Gasteiger partial charge in [-0.3, -0.25) is 9.89 Å². The first-order chi connectivity index (χ1) is 15.1. The Balaban J connectivity index is 1.25. The van der Waals surface area contributed by atoms with E-state index in [9.17, 15) is 9.90 Å². The number of rotatable bonds is 3. The van der Waals surface area contributed by atoms with Crippen LogP contribution in [0, 0.1) is 0 Å².